The highest BCUT2D eigenvalue weighted by Crippen LogP contribution is 2.23. The lowest BCUT2D eigenvalue weighted by Gasteiger charge is -2.37. The van der Waals surface area contributed by atoms with Gasteiger partial charge in [0.15, 0.2) is 0 Å². The second-order valence-electron chi connectivity index (χ2n) is 4.70. The molecule has 0 saturated carbocycles. The molecule has 1 saturated heterocycles. The third kappa shape index (κ3) is 3.07. The first-order chi connectivity index (χ1) is 8.74. The van der Waals surface area contributed by atoms with Gasteiger partial charge in [-0.1, -0.05) is 19.1 Å². The monoisotopic (exact) mass is 252 g/mol. The molecule has 0 aromatic heterocycles. The summed E-state index contributed by atoms with van der Waals surface area (Å²) in [5.41, 5.74) is 6.82. The molecule has 2 rings (SSSR count). The largest absolute Gasteiger partial charge is 0.376 e. The van der Waals surface area contributed by atoms with Gasteiger partial charge in [0.1, 0.15) is 5.82 Å². The highest BCUT2D eigenvalue weighted by Gasteiger charge is 2.25. The lowest BCUT2D eigenvalue weighted by molar-refractivity contribution is -0.0437. The van der Waals surface area contributed by atoms with Crippen molar-refractivity contribution in [1.29, 1.82) is 0 Å². The number of nitrogens with zero attached hydrogens (tertiary/aromatic N) is 1. The quantitative estimate of drug-likeness (QED) is 0.890. The van der Waals surface area contributed by atoms with Crippen molar-refractivity contribution < 1.29 is 9.13 Å². The summed E-state index contributed by atoms with van der Waals surface area (Å²) in [5, 5.41) is 0. The summed E-state index contributed by atoms with van der Waals surface area (Å²) >= 11 is 0. The van der Waals surface area contributed by atoms with Crippen LogP contribution in [0.1, 0.15) is 24.9 Å². The van der Waals surface area contributed by atoms with Gasteiger partial charge in [-0.2, -0.15) is 0 Å². The topological polar surface area (TPSA) is 38.5 Å². The molecule has 18 heavy (non-hydrogen) atoms. The zero-order valence-electron chi connectivity index (χ0n) is 10.8. The van der Waals surface area contributed by atoms with Crippen LogP contribution in [0.5, 0.6) is 0 Å². The van der Waals surface area contributed by atoms with E-state index in [1.165, 1.54) is 6.07 Å². The predicted molar refractivity (Wildman–Crippen MR) is 69.8 cm³/mol. The first-order valence-electron chi connectivity index (χ1n) is 6.55. The molecular weight excluding hydrogens is 231 g/mol. The molecule has 0 aliphatic carbocycles. The van der Waals surface area contributed by atoms with Crippen molar-refractivity contribution in [3.05, 3.63) is 35.6 Å². The van der Waals surface area contributed by atoms with Crippen LogP contribution in [0.15, 0.2) is 24.3 Å². The highest BCUT2D eigenvalue weighted by molar-refractivity contribution is 5.20. The second-order valence-corrected chi connectivity index (χ2v) is 4.70. The third-order valence-corrected chi connectivity index (χ3v) is 3.52. The number of morpholine rings is 1. The van der Waals surface area contributed by atoms with Crippen LogP contribution in [0.3, 0.4) is 0 Å². The number of nitrogens with two attached hydrogens (primary N) is 1. The first-order valence-corrected chi connectivity index (χ1v) is 6.55. The van der Waals surface area contributed by atoms with E-state index in [0.29, 0.717) is 6.54 Å². The number of rotatable bonds is 4. The highest BCUT2D eigenvalue weighted by atomic mass is 19.1. The summed E-state index contributed by atoms with van der Waals surface area (Å²) in [6, 6.07) is 6.81. The maximum absolute atomic E-state index is 13.3. The minimum Gasteiger partial charge on any atom is -0.376 e. The number of hydrogen-bond donors (Lipinski definition) is 1. The number of benzene rings is 1. The van der Waals surface area contributed by atoms with Crippen molar-refractivity contribution in [2.75, 3.05) is 26.2 Å². The molecule has 1 heterocycles. The molecule has 0 amide bonds. The Morgan fingerprint density at radius 2 is 2.39 bits per heavy atom. The maximum atomic E-state index is 13.3. The molecule has 1 fully saturated rings. The van der Waals surface area contributed by atoms with Crippen LogP contribution in [0, 0.1) is 5.82 Å². The average Bonchev–Trinajstić information content (AvgIpc) is 2.40. The van der Waals surface area contributed by atoms with Crippen molar-refractivity contribution >= 4 is 0 Å². The van der Waals surface area contributed by atoms with Crippen molar-refractivity contribution in [2.24, 2.45) is 5.73 Å². The zero-order valence-corrected chi connectivity index (χ0v) is 10.8. The zero-order chi connectivity index (χ0) is 13.0. The molecule has 2 atom stereocenters. The van der Waals surface area contributed by atoms with Crippen molar-refractivity contribution in [3.63, 3.8) is 0 Å². The molecule has 0 bridgehead atoms. The fourth-order valence-corrected chi connectivity index (χ4v) is 2.48. The van der Waals surface area contributed by atoms with Crippen molar-refractivity contribution in [1.82, 2.24) is 4.90 Å². The Kier molecular flexibility index (Phi) is 4.69. The molecule has 100 valence electrons. The van der Waals surface area contributed by atoms with Gasteiger partial charge in [-0.3, -0.25) is 4.90 Å². The Balaban J connectivity index is 2.12. The van der Waals surface area contributed by atoms with E-state index in [2.05, 4.69) is 11.8 Å². The SMILES string of the molecule is CCC1CN(C(CN)c2cccc(F)c2)CCO1. The minimum absolute atomic E-state index is 0.0821. The van der Waals surface area contributed by atoms with Crippen molar-refractivity contribution in [2.45, 2.75) is 25.5 Å². The van der Waals surface area contributed by atoms with E-state index in [1.807, 2.05) is 6.07 Å². The third-order valence-electron chi connectivity index (χ3n) is 3.52. The number of hydrogen-bond acceptors (Lipinski definition) is 3. The van der Waals surface area contributed by atoms with E-state index in [1.54, 1.807) is 12.1 Å². The molecule has 2 unspecified atom stereocenters. The van der Waals surface area contributed by atoms with Gasteiger partial charge in [-0.15, -0.1) is 0 Å². The maximum Gasteiger partial charge on any atom is 0.123 e. The Labute approximate surface area is 108 Å². The molecule has 1 aromatic rings. The van der Waals surface area contributed by atoms with Crippen LogP contribution in [-0.2, 0) is 4.74 Å². The van der Waals surface area contributed by atoms with Gasteiger partial charge in [0.25, 0.3) is 0 Å². The summed E-state index contributed by atoms with van der Waals surface area (Å²) in [4.78, 5) is 2.30. The van der Waals surface area contributed by atoms with Gasteiger partial charge in [-0.25, -0.2) is 4.39 Å². The lowest BCUT2D eigenvalue weighted by Crippen LogP contribution is -2.46. The fraction of sp³-hybridized carbons (Fsp3) is 0.571. The van der Waals surface area contributed by atoms with E-state index in [0.717, 1.165) is 31.7 Å². The normalized spacial score (nSPS) is 22.9. The van der Waals surface area contributed by atoms with Gasteiger partial charge >= 0.3 is 0 Å². The Morgan fingerprint density at radius 3 is 3.06 bits per heavy atom. The van der Waals surface area contributed by atoms with Crippen LogP contribution in [0.4, 0.5) is 4.39 Å². The fourth-order valence-electron chi connectivity index (χ4n) is 2.48. The summed E-state index contributed by atoms with van der Waals surface area (Å²) < 4.78 is 18.9. The summed E-state index contributed by atoms with van der Waals surface area (Å²) in [5.74, 6) is -0.203. The smallest absolute Gasteiger partial charge is 0.123 e. The summed E-state index contributed by atoms with van der Waals surface area (Å²) in [6.07, 6.45) is 1.26. The van der Waals surface area contributed by atoms with Crippen LogP contribution in [0.2, 0.25) is 0 Å². The van der Waals surface area contributed by atoms with Gasteiger partial charge in [-0.05, 0) is 24.1 Å². The van der Waals surface area contributed by atoms with Crippen molar-refractivity contribution in [3.8, 4) is 0 Å². The predicted octanol–water partition coefficient (Wildman–Crippen LogP) is 1.94. The van der Waals surface area contributed by atoms with Crippen LogP contribution >= 0.6 is 0 Å². The van der Waals surface area contributed by atoms with E-state index in [-0.39, 0.29) is 18.0 Å². The summed E-state index contributed by atoms with van der Waals surface area (Å²) in [6.45, 7) is 5.07. The van der Waals surface area contributed by atoms with Crippen LogP contribution < -0.4 is 5.73 Å². The second kappa shape index (κ2) is 6.27. The lowest BCUT2D eigenvalue weighted by atomic mass is 10.0. The molecule has 1 aliphatic heterocycles. The Morgan fingerprint density at radius 1 is 1.56 bits per heavy atom. The van der Waals surface area contributed by atoms with E-state index >= 15 is 0 Å². The van der Waals surface area contributed by atoms with Gasteiger partial charge in [0, 0.05) is 25.7 Å². The molecular formula is C14H21FN2O. The average molecular weight is 252 g/mol. The Hall–Kier alpha value is -0.970. The minimum atomic E-state index is -0.203. The molecule has 0 radical (unpaired) electrons. The summed E-state index contributed by atoms with van der Waals surface area (Å²) in [7, 11) is 0. The molecule has 2 N–H and O–H groups in total. The number of ether oxygens (including phenoxy) is 1. The van der Waals surface area contributed by atoms with E-state index < -0.39 is 0 Å². The molecule has 4 heteroatoms. The van der Waals surface area contributed by atoms with E-state index in [4.69, 9.17) is 10.5 Å². The van der Waals surface area contributed by atoms with Gasteiger partial charge < -0.3 is 10.5 Å². The molecule has 0 spiro atoms. The molecule has 1 aliphatic rings. The van der Waals surface area contributed by atoms with Gasteiger partial charge in [0.05, 0.1) is 12.7 Å². The Bertz CT molecular complexity index is 386. The molecule has 3 nitrogen and oxygen atoms in total. The van der Waals surface area contributed by atoms with Crippen LogP contribution in [-0.4, -0.2) is 37.2 Å². The standard InChI is InChI=1S/C14H21FN2O/c1-2-13-10-17(6-7-18-13)14(9-16)11-4-3-5-12(15)8-11/h3-5,8,13-14H,2,6-7,9-10,16H2,1H3. The number of halogens is 1. The van der Waals surface area contributed by atoms with E-state index in [9.17, 15) is 4.39 Å². The molecule has 1 aromatic carbocycles. The first kappa shape index (κ1) is 13.5. The van der Waals surface area contributed by atoms with Crippen LogP contribution in [0.25, 0.3) is 0 Å². The van der Waals surface area contributed by atoms with Gasteiger partial charge in [0.2, 0.25) is 0 Å².